The quantitative estimate of drug-likeness (QED) is 0.791. The summed E-state index contributed by atoms with van der Waals surface area (Å²) in [6, 6.07) is 5.77. The van der Waals surface area contributed by atoms with Crippen LogP contribution in [-0.2, 0) is 10.1 Å². The van der Waals surface area contributed by atoms with Crippen LogP contribution in [0.15, 0.2) is 18.2 Å². The van der Waals surface area contributed by atoms with E-state index in [2.05, 4.69) is 15.9 Å². The Morgan fingerprint density at radius 1 is 1.38 bits per heavy atom. The predicted octanol–water partition coefficient (Wildman–Crippen LogP) is 3.79. The average Bonchev–Trinajstić information content (AvgIpc) is 2.31. The lowest BCUT2D eigenvalue weighted by atomic mass is 10.1. The molecule has 0 atom stereocenters. The molecule has 0 bridgehead atoms. The molecule has 0 spiro atoms. The van der Waals surface area contributed by atoms with E-state index in [1.165, 1.54) is 0 Å². The molecule has 0 amide bonds. The molecule has 4 heteroatoms. The van der Waals surface area contributed by atoms with Gasteiger partial charge in [-0.1, -0.05) is 33.6 Å². The summed E-state index contributed by atoms with van der Waals surface area (Å²) in [6.07, 6.45) is 2.16. The number of halogens is 2. The van der Waals surface area contributed by atoms with Crippen molar-refractivity contribution in [1.82, 2.24) is 0 Å². The first-order valence-electron chi connectivity index (χ1n) is 5.39. The molecule has 0 unspecified atom stereocenters. The molecule has 0 aliphatic carbocycles. The number of hydrogen-bond donors (Lipinski definition) is 0. The van der Waals surface area contributed by atoms with Crippen molar-refractivity contribution in [2.24, 2.45) is 0 Å². The Hall–Kier alpha value is -0.250. The van der Waals surface area contributed by atoms with Crippen molar-refractivity contribution in [3.05, 3.63) is 28.8 Å². The standard InChI is InChI=1S/C12H14BrClO2/c13-8-10-11(14)2-1-3-12(10)16-9-4-6-15-7-5-9/h1-3,9H,4-8H2. The minimum absolute atomic E-state index is 0.255. The summed E-state index contributed by atoms with van der Waals surface area (Å²) in [5.74, 6) is 0.885. The molecule has 1 heterocycles. The van der Waals surface area contributed by atoms with E-state index in [9.17, 15) is 0 Å². The normalized spacial score (nSPS) is 17.4. The molecule has 2 nitrogen and oxygen atoms in total. The molecule has 88 valence electrons. The fourth-order valence-electron chi connectivity index (χ4n) is 1.75. The van der Waals surface area contributed by atoms with Crippen molar-refractivity contribution in [2.75, 3.05) is 13.2 Å². The number of rotatable bonds is 3. The van der Waals surface area contributed by atoms with E-state index in [1.807, 2.05) is 18.2 Å². The summed E-state index contributed by atoms with van der Waals surface area (Å²) < 4.78 is 11.3. The second kappa shape index (κ2) is 5.89. The average molecular weight is 306 g/mol. The van der Waals surface area contributed by atoms with Gasteiger partial charge in [0.2, 0.25) is 0 Å². The van der Waals surface area contributed by atoms with Crippen molar-refractivity contribution in [1.29, 1.82) is 0 Å². The van der Waals surface area contributed by atoms with E-state index >= 15 is 0 Å². The molecule has 16 heavy (non-hydrogen) atoms. The highest BCUT2D eigenvalue weighted by molar-refractivity contribution is 9.08. The Morgan fingerprint density at radius 2 is 2.12 bits per heavy atom. The van der Waals surface area contributed by atoms with Gasteiger partial charge in [0.15, 0.2) is 0 Å². The van der Waals surface area contributed by atoms with Gasteiger partial charge in [0, 0.05) is 28.8 Å². The maximum Gasteiger partial charge on any atom is 0.125 e. The Balaban J connectivity index is 2.10. The van der Waals surface area contributed by atoms with Gasteiger partial charge in [0.05, 0.1) is 13.2 Å². The summed E-state index contributed by atoms with van der Waals surface area (Å²) in [6.45, 7) is 1.57. The van der Waals surface area contributed by atoms with Crippen LogP contribution in [0.1, 0.15) is 18.4 Å². The zero-order valence-corrected chi connectivity index (χ0v) is 11.3. The van der Waals surface area contributed by atoms with Crippen LogP contribution in [0.5, 0.6) is 5.75 Å². The minimum Gasteiger partial charge on any atom is -0.490 e. The van der Waals surface area contributed by atoms with Gasteiger partial charge in [0.1, 0.15) is 11.9 Å². The SMILES string of the molecule is Clc1cccc(OC2CCOCC2)c1CBr. The Morgan fingerprint density at radius 3 is 2.81 bits per heavy atom. The van der Waals surface area contributed by atoms with Crippen LogP contribution < -0.4 is 4.74 Å². The Kier molecular flexibility index (Phi) is 4.50. The van der Waals surface area contributed by atoms with Crippen LogP contribution in [-0.4, -0.2) is 19.3 Å². The van der Waals surface area contributed by atoms with E-state index in [4.69, 9.17) is 21.1 Å². The van der Waals surface area contributed by atoms with Gasteiger partial charge in [-0.2, -0.15) is 0 Å². The molecule has 1 aliphatic rings. The topological polar surface area (TPSA) is 18.5 Å². The monoisotopic (exact) mass is 304 g/mol. The first-order chi connectivity index (χ1) is 7.81. The van der Waals surface area contributed by atoms with Crippen LogP contribution in [0, 0.1) is 0 Å². The highest BCUT2D eigenvalue weighted by Crippen LogP contribution is 2.30. The first kappa shape index (κ1) is 12.2. The van der Waals surface area contributed by atoms with Crippen LogP contribution in [0.25, 0.3) is 0 Å². The lowest BCUT2D eigenvalue weighted by Gasteiger charge is -2.24. The molecule has 0 N–H and O–H groups in total. The molecule has 1 aromatic carbocycles. The van der Waals surface area contributed by atoms with Crippen LogP contribution >= 0.6 is 27.5 Å². The van der Waals surface area contributed by atoms with Gasteiger partial charge in [-0.3, -0.25) is 0 Å². The lowest BCUT2D eigenvalue weighted by molar-refractivity contribution is 0.0253. The maximum absolute atomic E-state index is 6.11. The minimum atomic E-state index is 0.255. The van der Waals surface area contributed by atoms with Gasteiger partial charge in [-0.05, 0) is 12.1 Å². The van der Waals surface area contributed by atoms with Crippen molar-refractivity contribution in [3.8, 4) is 5.75 Å². The van der Waals surface area contributed by atoms with E-state index in [0.29, 0.717) is 5.33 Å². The number of hydrogen-bond acceptors (Lipinski definition) is 2. The summed E-state index contributed by atoms with van der Waals surface area (Å²) in [5, 5.41) is 1.46. The molecule has 1 saturated heterocycles. The second-order valence-electron chi connectivity index (χ2n) is 3.78. The molecular formula is C12H14BrClO2. The van der Waals surface area contributed by atoms with Crippen LogP contribution in [0.3, 0.4) is 0 Å². The van der Waals surface area contributed by atoms with E-state index in [-0.39, 0.29) is 6.10 Å². The smallest absolute Gasteiger partial charge is 0.125 e. The van der Waals surface area contributed by atoms with Gasteiger partial charge in [-0.15, -0.1) is 0 Å². The summed E-state index contributed by atoms with van der Waals surface area (Å²) >= 11 is 9.55. The molecular weight excluding hydrogens is 291 g/mol. The highest BCUT2D eigenvalue weighted by atomic mass is 79.9. The zero-order valence-electron chi connectivity index (χ0n) is 8.92. The van der Waals surface area contributed by atoms with Crippen LogP contribution in [0.4, 0.5) is 0 Å². The van der Waals surface area contributed by atoms with Crippen molar-refractivity contribution in [2.45, 2.75) is 24.3 Å². The second-order valence-corrected chi connectivity index (χ2v) is 4.75. The number of benzene rings is 1. The maximum atomic E-state index is 6.11. The molecule has 1 aromatic rings. The fourth-order valence-corrected chi connectivity index (χ4v) is 2.72. The largest absolute Gasteiger partial charge is 0.490 e. The fraction of sp³-hybridized carbons (Fsp3) is 0.500. The molecule has 1 fully saturated rings. The van der Waals surface area contributed by atoms with Gasteiger partial charge >= 0.3 is 0 Å². The Bertz CT molecular complexity index is 351. The molecule has 2 rings (SSSR count). The zero-order chi connectivity index (χ0) is 11.4. The van der Waals surface area contributed by atoms with Crippen molar-refractivity contribution < 1.29 is 9.47 Å². The third-order valence-corrected chi connectivity index (χ3v) is 3.59. The Labute approximate surface area is 109 Å². The molecule has 1 aliphatic heterocycles. The molecule has 0 aromatic heterocycles. The predicted molar refractivity (Wildman–Crippen MR) is 68.6 cm³/mol. The summed E-state index contributed by atoms with van der Waals surface area (Å²) in [4.78, 5) is 0. The summed E-state index contributed by atoms with van der Waals surface area (Å²) in [5.41, 5.74) is 1.02. The van der Waals surface area contributed by atoms with Gasteiger partial charge in [0.25, 0.3) is 0 Å². The molecule has 0 radical (unpaired) electrons. The van der Waals surface area contributed by atoms with Crippen molar-refractivity contribution >= 4 is 27.5 Å². The number of ether oxygens (including phenoxy) is 2. The number of alkyl halides is 1. The first-order valence-corrected chi connectivity index (χ1v) is 6.89. The highest BCUT2D eigenvalue weighted by Gasteiger charge is 2.17. The van der Waals surface area contributed by atoms with Crippen molar-refractivity contribution in [3.63, 3.8) is 0 Å². The van der Waals surface area contributed by atoms with Gasteiger partial charge < -0.3 is 9.47 Å². The lowest BCUT2D eigenvalue weighted by Crippen LogP contribution is -2.26. The van der Waals surface area contributed by atoms with E-state index in [1.54, 1.807) is 0 Å². The third-order valence-electron chi connectivity index (χ3n) is 2.67. The summed E-state index contributed by atoms with van der Waals surface area (Å²) in [7, 11) is 0. The van der Waals surface area contributed by atoms with Gasteiger partial charge in [-0.25, -0.2) is 0 Å². The van der Waals surface area contributed by atoms with Crippen LogP contribution in [0.2, 0.25) is 5.02 Å². The molecule has 0 saturated carbocycles. The van der Waals surface area contributed by atoms with E-state index in [0.717, 1.165) is 42.4 Å². The third kappa shape index (κ3) is 2.90. The van der Waals surface area contributed by atoms with E-state index < -0.39 is 0 Å².